The predicted molar refractivity (Wildman–Crippen MR) is 135 cm³/mol. The molecule has 6 bridgehead atoms. The van der Waals surface area contributed by atoms with E-state index in [1.807, 2.05) is 36.4 Å². The van der Waals surface area contributed by atoms with Crippen LogP contribution in [0.5, 0.6) is 17.2 Å². The van der Waals surface area contributed by atoms with Gasteiger partial charge in [0.05, 0.1) is 26.8 Å². The molecule has 9 nitrogen and oxygen atoms in total. The van der Waals surface area contributed by atoms with E-state index in [1.165, 1.54) is 0 Å². The van der Waals surface area contributed by atoms with Crippen LogP contribution in [0, 0.1) is 0 Å². The highest BCUT2D eigenvalue weighted by Crippen LogP contribution is 2.41. The molecule has 1 unspecified atom stereocenters. The molecule has 0 fully saturated rings. The molecule has 3 heterocycles. The van der Waals surface area contributed by atoms with Gasteiger partial charge in [-0.15, -0.1) is 0 Å². The quantitative estimate of drug-likeness (QED) is 0.621. The number of rotatable bonds is 2. The number of carbonyl (C=O) groups is 3. The number of fused-ring (bicyclic) bond motifs is 12. The third kappa shape index (κ3) is 6.08. The Morgan fingerprint density at radius 1 is 1.08 bits per heavy atom. The molecule has 2 N–H and O–H groups in total. The first-order valence-corrected chi connectivity index (χ1v) is 12.4. The second-order valence-corrected chi connectivity index (χ2v) is 8.89. The summed E-state index contributed by atoms with van der Waals surface area (Å²) in [5, 5.41) is 5.75. The van der Waals surface area contributed by atoms with Crippen molar-refractivity contribution in [2.24, 2.45) is 0 Å². The number of ether oxygens (including phenoxy) is 3. The van der Waals surface area contributed by atoms with Gasteiger partial charge in [0.2, 0.25) is 17.7 Å². The zero-order chi connectivity index (χ0) is 25.5. The number of nitrogens with zero attached hydrogens (tertiary/aromatic N) is 1. The van der Waals surface area contributed by atoms with Gasteiger partial charge in [0.15, 0.2) is 11.5 Å². The summed E-state index contributed by atoms with van der Waals surface area (Å²) >= 11 is 0. The monoisotopic (exact) mass is 495 g/mol. The molecule has 3 aliphatic rings. The Kier molecular flexibility index (Phi) is 8.30. The van der Waals surface area contributed by atoms with Crippen molar-refractivity contribution in [1.29, 1.82) is 0 Å². The second-order valence-electron chi connectivity index (χ2n) is 8.89. The van der Waals surface area contributed by atoms with Crippen LogP contribution in [0.4, 0.5) is 5.69 Å². The van der Waals surface area contributed by atoms with Crippen molar-refractivity contribution in [2.45, 2.75) is 38.5 Å². The molecule has 0 saturated heterocycles. The van der Waals surface area contributed by atoms with Gasteiger partial charge in [-0.2, -0.15) is 0 Å². The normalized spacial score (nSPS) is 18.8. The van der Waals surface area contributed by atoms with Crippen LogP contribution in [-0.4, -0.2) is 62.6 Å². The number of anilines is 1. The fourth-order valence-electron chi connectivity index (χ4n) is 4.55. The van der Waals surface area contributed by atoms with Crippen LogP contribution in [0.1, 0.15) is 49.7 Å². The highest BCUT2D eigenvalue weighted by atomic mass is 16.5. The third-order valence-electron chi connectivity index (χ3n) is 6.42. The lowest BCUT2D eigenvalue weighted by Gasteiger charge is -2.27. The summed E-state index contributed by atoms with van der Waals surface area (Å²) < 4.78 is 17.4. The summed E-state index contributed by atoms with van der Waals surface area (Å²) in [7, 11) is 1.59. The maximum absolute atomic E-state index is 12.5. The Bertz CT molecular complexity index is 1120. The van der Waals surface area contributed by atoms with Gasteiger partial charge in [-0.05, 0) is 42.2 Å². The smallest absolute Gasteiger partial charge is 0.239 e. The molecular formula is C27H33N3O6. The van der Waals surface area contributed by atoms with E-state index >= 15 is 0 Å². The van der Waals surface area contributed by atoms with Crippen molar-refractivity contribution in [2.75, 3.05) is 45.3 Å². The zero-order valence-electron chi connectivity index (χ0n) is 20.8. The Hall–Kier alpha value is -3.75. The van der Waals surface area contributed by atoms with Crippen molar-refractivity contribution in [3.63, 3.8) is 0 Å². The summed E-state index contributed by atoms with van der Waals surface area (Å²) in [6.07, 6.45) is 2.06. The fourth-order valence-corrected chi connectivity index (χ4v) is 4.55. The topological polar surface area (TPSA) is 106 Å². The van der Waals surface area contributed by atoms with E-state index in [-0.39, 0.29) is 36.8 Å². The Morgan fingerprint density at radius 2 is 1.94 bits per heavy atom. The third-order valence-corrected chi connectivity index (χ3v) is 6.42. The molecule has 0 spiro atoms. The Balaban J connectivity index is 1.61. The summed E-state index contributed by atoms with van der Waals surface area (Å²) in [6, 6.07) is 11.4. The van der Waals surface area contributed by atoms with E-state index in [4.69, 9.17) is 14.2 Å². The number of benzene rings is 2. The molecule has 0 radical (unpaired) electrons. The minimum absolute atomic E-state index is 0.00959. The largest absolute Gasteiger partial charge is 0.493 e. The highest BCUT2D eigenvalue weighted by molar-refractivity contribution is 5.95. The van der Waals surface area contributed by atoms with Crippen LogP contribution in [0.3, 0.4) is 0 Å². The average Bonchev–Trinajstić information content (AvgIpc) is 2.88. The molecule has 0 aromatic heterocycles. The van der Waals surface area contributed by atoms with Gasteiger partial charge in [0, 0.05) is 37.1 Å². The van der Waals surface area contributed by atoms with Gasteiger partial charge in [0.25, 0.3) is 0 Å². The molecule has 3 amide bonds. The van der Waals surface area contributed by atoms with Gasteiger partial charge in [-0.3, -0.25) is 14.4 Å². The number of hydrogen-bond donors (Lipinski definition) is 2. The number of carbonyl (C=O) groups excluding carboxylic acids is 3. The van der Waals surface area contributed by atoms with Crippen LogP contribution in [0.15, 0.2) is 36.4 Å². The minimum Gasteiger partial charge on any atom is -0.493 e. The highest BCUT2D eigenvalue weighted by Gasteiger charge is 2.28. The lowest BCUT2D eigenvalue weighted by Crippen LogP contribution is -2.42. The molecule has 5 rings (SSSR count). The fraction of sp³-hybridized carbons (Fsp3) is 0.444. The number of hydrogen-bond acceptors (Lipinski definition) is 6. The first-order chi connectivity index (χ1) is 17.5. The first kappa shape index (κ1) is 25.3. The van der Waals surface area contributed by atoms with Crippen molar-refractivity contribution >= 4 is 23.4 Å². The van der Waals surface area contributed by atoms with Gasteiger partial charge in [0.1, 0.15) is 12.4 Å². The number of amides is 3. The lowest BCUT2D eigenvalue weighted by molar-refractivity contribution is -0.135. The van der Waals surface area contributed by atoms with Crippen LogP contribution >= 0.6 is 0 Å². The standard InChI is InChI=1S/C27H33N3O6/c1-3-27(33)30-11-4-5-12-36-24-14-18(6-9-23(24)34-2)21-16-25(31)29-22-15-19(7-8-20(21)22)35-13-10-28-26(32)17-30/h6-9,14-15,21H,3-5,10-13,16-17H2,1-2H3,(H,28,32)(H,29,31). The maximum atomic E-state index is 12.5. The average molecular weight is 496 g/mol. The molecule has 3 aliphatic heterocycles. The van der Waals surface area contributed by atoms with E-state index in [9.17, 15) is 14.4 Å². The van der Waals surface area contributed by atoms with E-state index in [1.54, 1.807) is 18.9 Å². The summed E-state index contributed by atoms with van der Waals surface area (Å²) in [6.45, 7) is 3.28. The number of methoxy groups -OCH3 is 1. The van der Waals surface area contributed by atoms with Gasteiger partial charge in [-0.1, -0.05) is 19.1 Å². The molecule has 1 atom stereocenters. The van der Waals surface area contributed by atoms with Crippen LogP contribution < -0.4 is 24.8 Å². The minimum atomic E-state index is -0.229. The van der Waals surface area contributed by atoms with E-state index in [2.05, 4.69) is 10.6 Å². The maximum Gasteiger partial charge on any atom is 0.239 e. The molecule has 0 aliphatic carbocycles. The molecular weight excluding hydrogens is 462 g/mol. The first-order valence-electron chi connectivity index (χ1n) is 12.4. The van der Waals surface area contributed by atoms with Gasteiger partial charge >= 0.3 is 0 Å². The SMILES string of the molecule is CCC(=O)N1CCCCOc2cc(ccc2OC)C2CC(=O)Nc3cc(ccc32)OCCNC(=O)C1. The van der Waals surface area contributed by atoms with Crippen LogP contribution in [-0.2, 0) is 14.4 Å². The van der Waals surface area contributed by atoms with Crippen molar-refractivity contribution in [3.05, 3.63) is 47.5 Å². The molecule has 0 saturated carbocycles. The van der Waals surface area contributed by atoms with Crippen molar-refractivity contribution < 1.29 is 28.6 Å². The zero-order valence-corrected chi connectivity index (χ0v) is 20.8. The van der Waals surface area contributed by atoms with E-state index in [0.29, 0.717) is 68.3 Å². The van der Waals surface area contributed by atoms with Crippen molar-refractivity contribution in [3.8, 4) is 17.2 Å². The predicted octanol–water partition coefficient (Wildman–Crippen LogP) is 3.08. The Labute approximate surface area is 211 Å². The summed E-state index contributed by atoms with van der Waals surface area (Å²) in [5.74, 6) is 1.34. The number of nitrogens with one attached hydrogen (secondary N) is 2. The molecule has 36 heavy (non-hydrogen) atoms. The molecule has 192 valence electrons. The van der Waals surface area contributed by atoms with Gasteiger partial charge < -0.3 is 29.7 Å². The van der Waals surface area contributed by atoms with Gasteiger partial charge in [-0.25, -0.2) is 0 Å². The van der Waals surface area contributed by atoms with E-state index < -0.39 is 0 Å². The molecule has 2 aromatic carbocycles. The molecule has 2 aromatic rings. The molecule has 9 heteroatoms. The Morgan fingerprint density at radius 3 is 2.75 bits per heavy atom. The van der Waals surface area contributed by atoms with E-state index in [0.717, 1.165) is 11.1 Å². The summed E-state index contributed by atoms with van der Waals surface area (Å²) in [5.41, 5.74) is 2.67. The lowest BCUT2D eigenvalue weighted by atomic mass is 9.84. The van der Waals surface area contributed by atoms with Crippen LogP contribution in [0.2, 0.25) is 0 Å². The summed E-state index contributed by atoms with van der Waals surface area (Å²) in [4.78, 5) is 38.9. The van der Waals surface area contributed by atoms with Crippen LogP contribution in [0.25, 0.3) is 0 Å². The van der Waals surface area contributed by atoms with Crippen molar-refractivity contribution in [1.82, 2.24) is 10.2 Å². The second kappa shape index (κ2) is 11.8.